The Hall–Kier alpha value is -5.28. The van der Waals surface area contributed by atoms with E-state index >= 15 is 0 Å². The minimum atomic E-state index is -4.53. The predicted octanol–water partition coefficient (Wildman–Crippen LogP) is 8.22. The lowest BCUT2D eigenvalue weighted by Gasteiger charge is -2.39. The molecule has 2 fully saturated rings. The summed E-state index contributed by atoms with van der Waals surface area (Å²) in [6.07, 6.45) is 12.9. The topological polar surface area (TPSA) is 159 Å². The van der Waals surface area contributed by atoms with Gasteiger partial charge in [0.1, 0.15) is 5.69 Å². The Morgan fingerprint density at radius 2 is 1.79 bits per heavy atom. The number of piperazine rings is 1. The number of allylic oxidation sites excluding steroid dienone is 4. The van der Waals surface area contributed by atoms with Gasteiger partial charge in [-0.2, -0.15) is 0 Å². The van der Waals surface area contributed by atoms with Crippen LogP contribution in [-0.2, 0) is 14.8 Å². The number of halogens is 1. The molecular formula is C47H54ClN7O6S. The van der Waals surface area contributed by atoms with Gasteiger partial charge in [-0.15, -0.1) is 0 Å². The van der Waals surface area contributed by atoms with Gasteiger partial charge in [0.2, 0.25) is 0 Å². The maximum atomic E-state index is 14.2. The van der Waals surface area contributed by atoms with Gasteiger partial charge in [0.05, 0.1) is 9.82 Å². The number of benzene rings is 3. The molecule has 3 aromatic rings. The summed E-state index contributed by atoms with van der Waals surface area (Å²) < 4.78 is 35.3. The molecule has 3 N–H and O–H groups in total. The van der Waals surface area contributed by atoms with Crippen molar-refractivity contribution in [3.05, 3.63) is 128 Å². The van der Waals surface area contributed by atoms with E-state index in [1.54, 1.807) is 12.3 Å². The number of nitrogens with one attached hydrogen (secondary N) is 3. The van der Waals surface area contributed by atoms with Gasteiger partial charge in [-0.1, -0.05) is 43.2 Å². The van der Waals surface area contributed by atoms with Crippen LogP contribution in [0, 0.1) is 21.4 Å². The Morgan fingerprint density at radius 1 is 1.02 bits per heavy atom. The quantitative estimate of drug-likeness (QED) is 0.120. The second-order valence-corrected chi connectivity index (χ2v) is 19.6. The number of carbonyl (C=O) groups excluding carboxylic acids is 1. The number of hydrogen-bond donors (Lipinski definition) is 3. The summed E-state index contributed by atoms with van der Waals surface area (Å²) in [6.45, 7) is 11.2. The Bertz CT molecular complexity index is 2480. The van der Waals surface area contributed by atoms with E-state index in [4.69, 9.17) is 16.3 Å². The zero-order valence-corrected chi connectivity index (χ0v) is 36.9. The Labute approximate surface area is 368 Å². The van der Waals surface area contributed by atoms with Crippen molar-refractivity contribution in [2.75, 3.05) is 69.2 Å². The van der Waals surface area contributed by atoms with E-state index in [9.17, 15) is 23.3 Å². The molecule has 0 aromatic heterocycles. The van der Waals surface area contributed by atoms with E-state index in [1.807, 2.05) is 42.8 Å². The Kier molecular flexibility index (Phi) is 13.0. The first-order chi connectivity index (χ1) is 29.8. The Balaban J connectivity index is 1.04. The molecule has 1 amide bonds. The SMILES string of the molecule is CC1(C)CCC(CN2CCN(c3ccc(C(=O)NS(=O)(=O)c4ccc(NCC5CCOCC5)c([N+](=O)[O-])c4)c(C4=C5CCN=CC5=CNC=C4)c3)CC2)=C(c2ccc(Cl)cc2)C1. The highest BCUT2D eigenvalue weighted by molar-refractivity contribution is 7.90. The number of nitro benzene ring substituents is 1. The van der Waals surface area contributed by atoms with Crippen LogP contribution in [-0.4, -0.2) is 89.4 Å². The van der Waals surface area contributed by atoms with Gasteiger partial charge in [-0.3, -0.25) is 24.8 Å². The molecule has 5 aliphatic rings. The minimum Gasteiger partial charge on any atom is -0.381 e. The van der Waals surface area contributed by atoms with E-state index in [0.29, 0.717) is 38.3 Å². The molecule has 15 heteroatoms. The zero-order chi connectivity index (χ0) is 43.4. The van der Waals surface area contributed by atoms with Gasteiger partial charge < -0.3 is 20.3 Å². The van der Waals surface area contributed by atoms with Crippen LogP contribution >= 0.6 is 11.6 Å². The first-order valence-corrected chi connectivity index (χ1v) is 23.3. The van der Waals surface area contributed by atoms with Crippen LogP contribution in [0.3, 0.4) is 0 Å². The molecular weight excluding hydrogens is 826 g/mol. The number of fused-ring (bicyclic) bond motifs is 1. The van der Waals surface area contributed by atoms with E-state index in [-0.39, 0.29) is 33.2 Å². The third kappa shape index (κ3) is 9.99. The second kappa shape index (κ2) is 18.6. The molecule has 62 heavy (non-hydrogen) atoms. The first kappa shape index (κ1) is 43.4. The standard InChI is InChI=1S/C47H54ClN7O6S/c1-47(2)16-11-34(43(27-47)33-3-5-36(48)6-4-33)31-53-19-21-54(22-20-53)37-7-9-41(42(25-37)40-13-18-50-30-35-29-49-17-12-39(35)40)46(56)52-62(59,60)38-8-10-44(45(26-38)55(57)58)51-28-32-14-23-61-24-15-32/h3-10,13,18,25-26,29-30,32,50-51H,11-12,14-17,19-24,27-28,31H2,1-2H3,(H,52,56). The third-order valence-corrected chi connectivity index (χ3v) is 14.3. The number of carbonyl (C=O) groups is 1. The Morgan fingerprint density at radius 3 is 2.55 bits per heavy atom. The van der Waals surface area contributed by atoms with Crippen LogP contribution in [0.5, 0.6) is 0 Å². The number of ether oxygens (including phenoxy) is 1. The van der Waals surface area contributed by atoms with Gasteiger partial charge in [-0.05, 0) is 126 Å². The van der Waals surface area contributed by atoms with Crippen LogP contribution in [0.4, 0.5) is 17.1 Å². The summed E-state index contributed by atoms with van der Waals surface area (Å²) in [5, 5.41) is 19.2. The smallest absolute Gasteiger partial charge is 0.293 e. The summed E-state index contributed by atoms with van der Waals surface area (Å²) in [7, 11) is -4.53. The molecule has 0 unspecified atom stereocenters. The van der Waals surface area contributed by atoms with Crippen molar-refractivity contribution in [2.24, 2.45) is 16.3 Å². The molecule has 0 spiro atoms. The normalized spacial score (nSPS) is 19.7. The van der Waals surface area contributed by atoms with Gasteiger partial charge in [0.25, 0.3) is 21.6 Å². The highest BCUT2D eigenvalue weighted by Crippen LogP contribution is 2.43. The maximum absolute atomic E-state index is 14.2. The molecule has 2 saturated heterocycles. The van der Waals surface area contributed by atoms with Crippen molar-refractivity contribution in [1.82, 2.24) is 14.9 Å². The monoisotopic (exact) mass is 879 g/mol. The molecule has 4 heterocycles. The summed E-state index contributed by atoms with van der Waals surface area (Å²) in [4.78, 5) is 34.7. The fraction of sp³-hybridized carbons (Fsp3) is 0.404. The molecule has 1 aliphatic carbocycles. The number of hydrogen-bond acceptors (Lipinski definition) is 11. The van der Waals surface area contributed by atoms with Gasteiger partial charge >= 0.3 is 0 Å². The number of rotatable bonds is 12. The number of aliphatic imine (C=N–C) groups is 1. The first-order valence-electron chi connectivity index (χ1n) is 21.5. The van der Waals surface area contributed by atoms with Crippen molar-refractivity contribution in [2.45, 2.75) is 57.3 Å². The van der Waals surface area contributed by atoms with Crippen molar-refractivity contribution in [1.29, 1.82) is 0 Å². The van der Waals surface area contributed by atoms with Crippen LogP contribution in [0.15, 0.2) is 106 Å². The summed E-state index contributed by atoms with van der Waals surface area (Å²) in [5.41, 5.74) is 8.54. The van der Waals surface area contributed by atoms with Gasteiger partial charge in [0.15, 0.2) is 0 Å². The van der Waals surface area contributed by atoms with Crippen molar-refractivity contribution in [3.8, 4) is 0 Å². The van der Waals surface area contributed by atoms with E-state index in [0.717, 1.165) is 98.3 Å². The number of sulfonamides is 1. The molecule has 0 bridgehead atoms. The summed E-state index contributed by atoms with van der Waals surface area (Å²) in [5.74, 6) is -0.555. The largest absolute Gasteiger partial charge is 0.381 e. The van der Waals surface area contributed by atoms with Crippen LogP contribution in [0.25, 0.3) is 11.1 Å². The molecule has 4 aliphatic heterocycles. The zero-order valence-electron chi connectivity index (χ0n) is 35.3. The summed E-state index contributed by atoms with van der Waals surface area (Å²) >= 11 is 6.26. The molecule has 326 valence electrons. The van der Waals surface area contributed by atoms with Crippen molar-refractivity contribution >= 4 is 62.0 Å². The molecule has 0 saturated carbocycles. The number of nitrogens with zero attached hydrogens (tertiary/aromatic N) is 4. The number of nitro groups is 1. The average molecular weight is 881 g/mol. The highest BCUT2D eigenvalue weighted by Gasteiger charge is 2.31. The van der Waals surface area contributed by atoms with Gasteiger partial charge in [-0.25, -0.2) is 13.1 Å². The van der Waals surface area contributed by atoms with E-state index in [1.165, 1.54) is 28.8 Å². The minimum absolute atomic E-state index is 0.165. The maximum Gasteiger partial charge on any atom is 0.293 e. The van der Waals surface area contributed by atoms with Crippen LogP contribution in [0.2, 0.25) is 5.02 Å². The highest BCUT2D eigenvalue weighted by atomic mass is 35.5. The lowest BCUT2D eigenvalue weighted by Crippen LogP contribution is -2.47. The molecule has 0 radical (unpaired) electrons. The van der Waals surface area contributed by atoms with Crippen LogP contribution < -0.4 is 20.3 Å². The lowest BCUT2D eigenvalue weighted by molar-refractivity contribution is -0.384. The fourth-order valence-electron chi connectivity index (χ4n) is 9.07. The molecule has 13 nitrogen and oxygen atoms in total. The second-order valence-electron chi connectivity index (χ2n) is 17.5. The van der Waals surface area contributed by atoms with Crippen molar-refractivity contribution in [3.63, 3.8) is 0 Å². The van der Waals surface area contributed by atoms with E-state index in [2.05, 4.69) is 56.1 Å². The fourth-order valence-corrected chi connectivity index (χ4v) is 10.2. The average Bonchev–Trinajstić information content (AvgIpc) is 3.49. The van der Waals surface area contributed by atoms with E-state index < -0.39 is 20.9 Å². The number of anilines is 2. The predicted molar refractivity (Wildman–Crippen MR) is 246 cm³/mol. The number of amides is 1. The molecule has 0 atom stereocenters. The van der Waals surface area contributed by atoms with Gasteiger partial charge in [0, 0.05) is 106 Å². The molecule has 3 aromatic carbocycles. The van der Waals surface area contributed by atoms with Crippen molar-refractivity contribution < 1.29 is 22.9 Å². The third-order valence-electron chi connectivity index (χ3n) is 12.7. The van der Waals surface area contributed by atoms with Crippen LogP contribution in [0.1, 0.15) is 73.9 Å². The summed E-state index contributed by atoms with van der Waals surface area (Å²) in [6, 6.07) is 17.4. The molecule has 8 rings (SSSR count). The lowest BCUT2D eigenvalue weighted by atomic mass is 9.72.